The van der Waals surface area contributed by atoms with Gasteiger partial charge >= 0.3 is 0 Å². The first kappa shape index (κ1) is 15.0. The fraction of sp³-hybridized carbons (Fsp3) is 0.615. The van der Waals surface area contributed by atoms with Crippen LogP contribution in [0, 0.1) is 5.41 Å². The van der Waals surface area contributed by atoms with Crippen molar-refractivity contribution in [1.82, 2.24) is 5.32 Å². The van der Waals surface area contributed by atoms with Gasteiger partial charge in [0, 0.05) is 29.5 Å². The molecule has 2 nitrogen and oxygen atoms in total. The van der Waals surface area contributed by atoms with E-state index in [9.17, 15) is 4.79 Å². The Bertz CT molecular complexity index is 319. The number of hydrogen-bond acceptors (Lipinski definition) is 1. The second-order valence-electron chi connectivity index (χ2n) is 4.47. The van der Waals surface area contributed by atoms with Gasteiger partial charge in [0.15, 0.2) is 0 Å². The van der Waals surface area contributed by atoms with E-state index >= 15 is 0 Å². The van der Waals surface area contributed by atoms with Crippen molar-refractivity contribution in [3.05, 3.63) is 23.8 Å². The summed E-state index contributed by atoms with van der Waals surface area (Å²) < 4.78 is 0. The summed E-state index contributed by atoms with van der Waals surface area (Å²) in [4.78, 5) is 11.1. The Morgan fingerprint density at radius 1 is 1.47 bits per heavy atom. The lowest BCUT2D eigenvalue weighted by atomic mass is 9.83. The maximum atomic E-state index is 11.1. The maximum absolute atomic E-state index is 11.1. The summed E-state index contributed by atoms with van der Waals surface area (Å²) >= 11 is 7.13. The van der Waals surface area contributed by atoms with Crippen molar-refractivity contribution >= 4 is 37.8 Å². The fourth-order valence-corrected chi connectivity index (χ4v) is 3.51. The second kappa shape index (κ2) is 7.37. The minimum Gasteiger partial charge on any atom is -0.359 e. The third kappa shape index (κ3) is 4.59. The molecule has 1 aliphatic rings. The number of nitrogens with one attached hydrogen (secondary N) is 1. The van der Waals surface area contributed by atoms with E-state index in [0.29, 0.717) is 6.42 Å². The molecule has 0 atom stereocenters. The molecule has 0 saturated heterocycles. The van der Waals surface area contributed by atoms with Gasteiger partial charge in [0.1, 0.15) is 0 Å². The average molecular weight is 365 g/mol. The van der Waals surface area contributed by atoms with E-state index in [2.05, 4.69) is 55.4 Å². The highest BCUT2D eigenvalue weighted by atomic mass is 79.9. The SMILES string of the molecule is CNC(=O)CCCC1=CCC(CBr)(CBr)C=C1. The average Bonchev–Trinajstić information content (AvgIpc) is 2.39. The molecule has 0 fully saturated rings. The number of alkyl halides is 2. The molecule has 0 aromatic carbocycles. The van der Waals surface area contributed by atoms with E-state index < -0.39 is 0 Å². The van der Waals surface area contributed by atoms with E-state index in [1.807, 2.05) is 0 Å². The van der Waals surface area contributed by atoms with E-state index in [1.165, 1.54) is 5.57 Å². The predicted molar refractivity (Wildman–Crippen MR) is 79.8 cm³/mol. The lowest BCUT2D eigenvalue weighted by Gasteiger charge is -2.28. The largest absolute Gasteiger partial charge is 0.359 e. The van der Waals surface area contributed by atoms with Crippen LogP contribution in [-0.4, -0.2) is 23.6 Å². The molecule has 0 aromatic rings. The molecule has 0 saturated carbocycles. The van der Waals surface area contributed by atoms with Crippen molar-refractivity contribution in [3.63, 3.8) is 0 Å². The van der Waals surface area contributed by atoms with Crippen LogP contribution >= 0.6 is 31.9 Å². The summed E-state index contributed by atoms with van der Waals surface area (Å²) in [6.07, 6.45) is 10.4. The topological polar surface area (TPSA) is 29.1 Å². The van der Waals surface area contributed by atoms with E-state index in [-0.39, 0.29) is 11.3 Å². The smallest absolute Gasteiger partial charge is 0.219 e. The Balaban J connectivity index is 2.37. The van der Waals surface area contributed by atoms with Crippen LogP contribution in [0.3, 0.4) is 0 Å². The molecule has 1 aliphatic carbocycles. The normalized spacial score (nSPS) is 17.7. The van der Waals surface area contributed by atoms with Crippen LogP contribution in [0.2, 0.25) is 0 Å². The third-order valence-electron chi connectivity index (χ3n) is 3.10. The Labute approximate surface area is 120 Å². The van der Waals surface area contributed by atoms with Gasteiger partial charge in [-0.25, -0.2) is 0 Å². The monoisotopic (exact) mass is 363 g/mol. The molecule has 0 bridgehead atoms. The van der Waals surface area contributed by atoms with Crippen LogP contribution in [0.1, 0.15) is 25.7 Å². The number of amides is 1. The van der Waals surface area contributed by atoms with Crippen LogP contribution in [0.15, 0.2) is 23.8 Å². The van der Waals surface area contributed by atoms with Crippen molar-refractivity contribution in [2.24, 2.45) is 5.41 Å². The fourth-order valence-electron chi connectivity index (χ4n) is 1.75. The van der Waals surface area contributed by atoms with E-state index in [0.717, 1.165) is 29.9 Å². The molecule has 17 heavy (non-hydrogen) atoms. The molecule has 0 aromatic heterocycles. The molecule has 0 unspecified atom stereocenters. The van der Waals surface area contributed by atoms with Gasteiger partial charge < -0.3 is 5.32 Å². The zero-order chi connectivity index (χ0) is 12.7. The molecular weight excluding hydrogens is 346 g/mol. The standard InChI is InChI=1S/C13H19Br2NO/c1-16-12(17)4-2-3-11-5-7-13(9-14,10-15)8-6-11/h5-7H,2-4,8-10H2,1H3,(H,16,17). The summed E-state index contributed by atoms with van der Waals surface area (Å²) in [6.45, 7) is 0. The minimum absolute atomic E-state index is 0.126. The molecule has 1 amide bonds. The zero-order valence-electron chi connectivity index (χ0n) is 10.1. The van der Waals surface area contributed by atoms with Crippen molar-refractivity contribution in [3.8, 4) is 0 Å². The first-order valence-electron chi connectivity index (χ1n) is 5.86. The van der Waals surface area contributed by atoms with Gasteiger partial charge in [-0.3, -0.25) is 4.79 Å². The van der Waals surface area contributed by atoms with Crippen LogP contribution < -0.4 is 5.32 Å². The first-order chi connectivity index (χ1) is 8.15. The van der Waals surface area contributed by atoms with Gasteiger partial charge in [-0.2, -0.15) is 0 Å². The van der Waals surface area contributed by atoms with Gasteiger partial charge in [0.05, 0.1) is 0 Å². The van der Waals surface area contributed by atoms with Crippen molar-refractivity contribution in [2.45, 2.75) is 25.7 Å². The van der Waals surface area contributed by atoms with E-state index in [1.54, 1.807) is 7.05 Å². The van der Waals surface area contributed by atoms with Gasteiger partial charge in [0.2, 0.25) is 5.91 Å². The number of carbonyl (C=O) groups is 1. The van der Waals surface area contributed by atoms with Gasteiger partial charge in [-0.05, 0) is 19.3 Å². The molecule has 1 rings (SSSR count). The third-order valence-corrected chi connectivity index (χ3v) is 5.34. The van der Waals surface area contributed by atoms with E-state index in [4.69, 9.17) is 0 Å². The lowest BCUT2D eigenvalue weighted by molar-refractivity contribution is -0.120. The Morgan fingerprint density at radius 2 is 2.18 bits per heavy atom. The molecule has 0 heterocycles. The van der Waals surface area contributed by atoms with Gasteiger partial charge in [-0.1, -0.05) is 55.7 Å². The van der Waals surface area contributed by atoms with Crippen LogP contribution in [-0.2, 0) is 4.79 Å². The highest BCUT2D eigenvalue weighted by Gasteiger charge is 2.25. The van der Waals surface area contributed by atoms with Crippen LogP contribution in [0.25, 0.3) is 0 Å². The highest BCUT2D eigenvalue weighted by Crippen LogP contribution is 2.34. The van der Waals surface area contributed by atoms with Crippen LogP contribution in [0.4, 0.5) is 0 Å². The first-order valence-corrected chi connectivity index (χ1v) is 8.11. The van der Waals surface area contributed by atoms with Gasteiger partial charge in [0.25, 0.3) is 0 Å². The number of carbonyl (C=O) groups excluding carboxylic acids is 1. The predicted octanol–water partition coefficient (Wildman–Crippen LogP) is 3.57. The molecular formula is C13H19Br2NO. The summed E-state index contributed by atoms with van der Waals surface area (Å²) in [6, 6.07) is 0. The van der Waals surface area contributed by atoms with Crippen molar-refractivity contribution in [1.29, 1.82) is 0 Å². The quantitative estimate of drug-likeness (QED) is 0.717. The zero-order valence-corrected chi connectivity index (χ0v) is 13.3. The molecule has 0 aliphatic heterocycles. The number of allylic oxidation sites excluding steroid dienone is 4. The van der Waals surface area contributed by atoms with Gasteiger partial charge in [-0.15, -0.1) is 0 Å². The number of rotatable bonds is 6. The summed E-state index contributed by atoms with van der Waals surface area (Å²) in [5, 5.41) is 4.60. The molecule has 96 valence electrons. The van der Waals surface area contributed by atoms with Crippen molar-refractivity contribution in [2.75, 3.05) is 17.7 Å². The molecule has 4 heteroatoms. The Kier molecular flexibility index (Phi) is 6.49. The summed E-state index contributed by atoms with van der Waals surface area (Å²) in [7, 11) is 1.68. The van der Waals surface area contributed by atoms with Crippen LogP contribution in [0.5, 0.6) is 0 Å². The van der Waals surface area contributed by atoms with Crippen molar-refractivity contribution < 1.29 is 4.79 Å². The minimum atomic E-state index is 0.126. The number of hydrogen-bond donors (Lipinski definition) is 1. The Morgan fingerprint density at radius 3 is 2.65 bits per heavy atom. The molecule has 0 spiro atoms. The number of halogens is 2. The second-order valence-corrected chi connectivity index (χ2v) is 5.59. The highest BCUT2D eigenvalue weighted by molar-refractivity contribution is 9.09. The molecule has 1 N–H and O–H groups in total. The molecule has 0 radical (unpaired) electrons. The summed E-state index contributed by atoms with van der Waals surface area (Å²) in [5.41, 5.74) is 1.58. The maximum Gasteiger partial charge on any atom is 0.219 e. The lowest BCUT2D eigenvalue weighted by Crippen LogP contribution is -2.23. The summed E-state index contributed by atoms with van der Waals surface area (Å²) in [5.74, 6) is 0.126. The Hall–Kier alpha value is -0.0900.